The van der Waals surface area contributed by atoms with Crippen LogP contribution in [0.25, 0.3) is 19.5 Å². The standard InChI is InChI=1S/C45H67NO4S3Si/c1-9-14-21-32(12-4)27-54(28-33(13-5)22-15-10-2)36-25-30(7)51-42(36)43-37(54)26-35(53-43)41-39-38(31(8)52-41)44(49)46(45(39)50)34(40(48)29(6)11-3)23-19-17-16-18-20-24-47/h25-26,29,32-34,47H,9-24,27-28H2,1-8H3. The average molecular weight is 810 g/mol. The van der Waals surface area contributed by atoms with Gasteiger partial charge in [-0.2, -0.15) is 0 Å². The van der Waals surface area contributed by atoms with Crippen LogP contribution >= 0.6 is 34.0 Å². The lowest BCUT2D eigenvalue weighted by atomic mass is 9.92. The first-order valence-electron chi connectivity index (χ1n) is 21.4. The molecule has 5 rings (SSSR count). The fraction of sp³-hybridized carbons (Fsp3) is 0.667. The summed E-state index contributed by atoms with van der Waals surface area (Å²) in [6, 6.07) is 6.91. The molecule has 2 amide bonds. The predicted octanol–water partition coefficient (Wildman–Crippen LogP) is 12.0. The zero-order valence-electron chi connectivity index (χ0n) is 34.5. The average Bonchev–Trinajstić information content (AvgIpc) is 3.96. The number of thiophene rings is 3. The minimum Gasteiger partial charge on any atom is -0.396 e. The van der Waals surface area contributed by atoms with Crippen LogP contribution in [0.3, 0.4) is 0 Å². The van der Waals surface area contributed by atoms with Gasteiger partial charge < -0.3 is 5.11 Å². The zero-order valence-corrected chi connectivity index (χ0v) is 38.0. The van der Waals surface area contributed by atoms with Crippen LogP contribution in [0.5, 0.6) is 0 Å². The molecule has 0 fully saturated rings. The van der Waals surface area contributed by atoms with E-state index >= 15 is 0 Å². The van der Waals surface area contributed by atoms with E-state index in [1.165, 1.54) is 83.0 Å². The lowest BCUT2D eigenvalue weighted by molar-refractivity contribution is -0.126. The van der Waals surface area contributed by atoms with Crippen molar-refractivity contribution in [2.24, 2.45) is 17.8 Å². The molecule has 298 valence electrons. The summed E-state index contributed by atoms with van der Waals surface area (Å²) in [6.07, 6.45) is 15.6. The molecular weight excluding hydrogens is 743 g/mol. The number of carbonyl (C=O) groups is 3. The van der Waals surface area contributed by atoms with Crippen LogP contribution in [0.2, 0.25) is 12.1 Å². The van der Waals surface area contributed by atoms with Crippen molar-refractivity contribution < 1.29 is 19.5 Å². The molecule has 5 nitrogen and oxygen atoms in total. The van der Waals surface area contributed by atoms with E-state index in [9.17, 15) is 19.5 Å². The first kappa shape index (κ1) is 43.2. The third-order valence-electron chi connectivity index (χ3n) is 12.7. The Morgan fingerprint density at radius 1 is 0.704 bits per heavy atom. The number of rotatable bonds is 24. The number of fused-ring (bicyclic) bond motifs is 4. The van der Waals surface area contributed by atoms with Crippen molar-refractivity contribution in [1.29, 1.82) is 0 Å². The second-order valence-electron chi connectivity index (χ2n) is 16.5. The van der Waals surface area contributed by atoms with Gasteiger partial charge in [0.05, 0.1) is 22.0 Å². The second kappa shape index (κ2) is 19.5. The lowest BCUT2D eigenvalue weighted by Crippen LogP contribution is -2.56. The maximum Gasteiger partial charge on any atom is 0.263 e. The maximum absolute atomic E-state index is 14.7. The number of ketones is 1. The highest BCUT2D eigenvalue weighted by atomic mass is 32.1. The van der Waals surface area contributed by atoms with Crippen LogP contribution in [0.4, 0.5) is 0 Å². The molecule has 5 heterocycles. The number of aliphatic hydroxyl groups excluding tert-OH is 1. The van der Waals surface area contributed by atoms with Gasteiger partial charge in [0.15, 0.2) is 5.78 Å². The van der Waals surface area contributed by atoms with Gasteiger partial charge in [-0.1, -0.05) is 119 Å². The number of hydrogen-bond donors (Lipinski definition) is 1. The monoisotopic (exact) mass is 809 g/mol. The first-order chi connectivity index (χ1) is 26.0. The number of Topliss-reactive ketones (excluding diaryl/α,β-unsaturated/α-hetero) is 1. The Kier molecular flexibility index (Phi) is 15.6. The van der Waals surface area contributed by atoms with E-state index in [0.717, 1.165) is 46.7 Å². The summed E-state index contributed by atoms with van der Waals surface area (Å²) in [4.78, 5) is 51.5. The van der Waals surface area contributed by atoms with Gasteiger partial charge in [0.2, 0.25) is 0 Å². The van der Waals surface area contributed by atoms with Crippen LogP contribution in [0.15, 0.2) is 12.1 Å². The smallest absolute Gasteiger partial charge is 0.263 e. The molecule has 4 atom stereocenters. The third-order valence-corrected chi connectivity index (χ3v) is 22.1. The Hall–Kier alpha value is -1.91. The van der Waals surface area contributed by atoms with E-state index in [-0.39, 0.29) is 30.1 Å². The van der Waals surface area contributed by atoms with Crippen LogP contribution in [-0.4, -0.2) is 48.3 Å². The van der Waals surface area contributed by atoms with Gasteiger partial charge in [-0.15, -0.1) is 34.0 Å². The predicted molar refractivity (Wildman–Crippen MR) is 235 cm³/mol. The zero-order chi connectivity index (χ0) is 39.2. The molecule has 1 N–H and O–H groups in total. The van der Waals surface area contributed by atoms with Crippen molar-refractivity contribution in [2.75, 3.05) is 6.61 Å². The molecule has 0 aromatic carbocycles. The molecule has 0 radical (unpaired) electrons. The van der Waals surface area contributed by atoms with Gasteiger partial charge >= 0.3 is 0 Å². The van der Waals surface area contributed by atoms with E-state index < -0.39 is 14.1 Å². The van der Waals surface area contributed by atoms with Crippen molar-refractivity contribution in [2.45, 2.75) is 170 Å². The minimum atomic E-state index is -2.17. The molecule has 4 unspecified atom stereocenters. The van der Waals surface area contributed by atoms with Gasteiger partial charge in [0, 0.05) is 36.9 Å². The number of unbranched alkanes of at least 4 members (excludes halogenated alkanes) is 6. The Morgan fingerprint density at radius 2 is 1.28 bits per heavy atom. The second-order valence-corrected chi connectivity index (χ2v) is 24.1. The Morgan fingerprint density at radius 3 is 1.87 bits per heavy atom. The maximum atomic E-state index is 14.7. The fourth-order valence-electron chi connectivity index (χ4n) is 9.31. The summed E-state index contributed by atoms with van der Waals surface area (Å²) in [5, 5.41) is 12.5. The van der Waals surface area contributed by atoms with E-state index in [0.29, 0.717) is 35.8 Å². The Balaban J connectivity index is 1.58. The first-order valence-corrected chi connectivity index (χ1v) is 26.3. The number of imide groups is 1. The van der Waals surface area contributed by atoms with Crippen LogP contribution < -0.4 is 10.4 Å². The highest BCUT2D eigenvalue weighted by Gasteiger charge is 2.51. The van der Waals surface area contributed by atoms with Gasteiger partial charge in [0.25, 0.3) is 11.8 Å². The Labute approximate surface area is 339 Å². The van der Waals surface area contributed by atoms with Crippen LogP contribution in [0.1, 0.15) is 168 Å². The number of amides is 2. The third kappa shape index (κ3) is 8.65. The topological polar surface area (TPSA) is 74.7 Å². The molecular formula is C45H67NO4S3Si. The summed E-state index contributed by atoms with van der Waals surface area (Å²) >= 11 is 5.42. The molecule has 2 aliphatic heterocycles. The number of nitrogens with zero attached hydrogens (tertiary/aromatic N) is 1. The molecule has 54 heavy (non-hydrogen) atoms. The van der Waals surface area contributed by atoms with Crippen molar-refractivity contribution in [3.63, 3.8) is 0 Å². The molecule has 0 bridgehead atoms. The summed E-state index contributed by atoms with van der Waals surface area (Å²) < 4.78 is 0. The van der Waals surface area contributed by atoms with E-state index in [4.69, 9.17) is 0 Å². The summed E-state index contributed by atoms with van der Waals surface area (Å²) in [5.41, 5.74) is 1.05. The molecule has 0 aliphatic carbocycles. The van der Waals surface area contributed by atoms with Crippen molar-refractivity contribution in [3.05, 3.63) is 33.0 Å². The number of carbonyl (C=O) groups excluding carboxylic acids is 3. The lowest BCUT2D eigenvalue weighted by Gasteiger charge is -2.35. The van der Waals surface area contributed by atoms with Gasteiger partial charge in [-0.05, 0) is 79.5 Å². The van der Waals surface area contributed by atoms with Crippen molar-refractivity contribution in [1.82, 2.24) is 4.90 Å². The molecule has 3 aromatic rings. The minimum absolute atomic E-state index is 0.00355. The summed E-state index contributed by atoms with van der Waals surface area (Å²) in [6.45, 7) is 17.8. The van der Waals surface area contributed by atoms with E-state index in [2.05, 4.69) is 46.8 Å². The van der Waals surface area contributed by atoms with Crippen LogP contribution in [-0.2, 0) is 4.79 Å². The molecule has 0 spiro atoms. The van der Waals surface area contributed by atoms with Gasteiger partial charge in [-0.3, -0.25) is 19.3 Å². The van der Waals surface area contributed by atoms with E-state index in [1.807, 2.05) is 43.4 Å². The largest absolute Gasteiger partial charge is 0.396 e. The number of aliphatic hydroxyl groups is 1. The number of aryl methyl sites for hydroxylation is 2. The number of hydrogen-bond acceptors (Lipinski definition) is 7. The fourth-order valence-corrected chi connectivity index (χ4v) is 20.9. The molecule has 0 saturated heterocycles. The molecule has 3 aromatic heterocycles. The highest BCUT2D eigenvalue weighted by Crippen LogP contribution is 2.50. The SMILES string of the molecule is CCCCC(CC)C[Si]1(CC(CC)CCCC)c2cc(C)sc2-c2sc(-c3sc(C)c4c3C(=O)N(C(CCCCCCCO)C(=O)C(C)CC)C4=O)cc21. The summed E-state index contributed by atoms with van der Waals surface area (Å²) in [5.74, 6) is 0.619. The van der Waals surface area contributed by atoms with Crippen molar-refractivity contribution >= 4 is 70.1 Å². The van der Waals surface area contributed by atoms with E-state index in [1.54, 1.807) is 21.7 Å². The van der Waals surface area contributed by atoms with Crippen LogP contribution in [0, 0.1) is 31.6 Å². The molecule has 2 aliphatic rings. The molecule has 9 heteroatoms. The summed E-state index contributed by atoms with van der Waals surface area (Å²) in [7, 11) is -2.17. The van der Waals surface area contributed by atoms with Gasteiger partial charge in [0.1, 0.15) is 8.07 Å². The van der Waals surface area contributed by atoms with Gasteiger partial charge in [-0.25, -0.2) is 0 Å². The Bertz CT molecular complexity index is 1730. The normalized spacial score (nSPS) is 18.6. The highest BCUT2D eigenvalue weighted by molar-refractivity contribution is 7.32. The molecule has 0 saturated carbocycles. The van der Waals surface area contributed by atoms with Crippen molar-refractivity contribution in [3.8, 4) is 19.5 Å². The quantitative estimate of drug-likeness (QED) is 0.0555.